The van der Waals surface area contributed by atoms with Gasteiger partial charge in [-0.2, -0.15) is 0 Å². The lowest BCUT2D eigenvalue weighted by molar-refractivity contribution is 0.0378. The number of carbonyl (C=O) groups excluding carboxylic acids is 2. The van der Waals surface area contributed by atoms with Gasteiger partial charge in [-0.05, 0) is 63.9 Å². The molecule has 1 N–H and O–H groups in total. The number of anilines is 1. The van der Waals surface area contributed by atoms with Crippen molar-refractivity contribution in [2.75, 3.05) is 5.32 Å². The van der Waals surface area contributed by atoms with Gasteiger partial charge in [0.2, 0.25) is 0 Å². The monoisotopic (exact) mass is 462 g/mol. The molecule has 170 valence electrons. The van der Waals surface area contributed by atoms with Crippen LogP contribution in [0.2, 0.25) is 0 Å². The van der Waals surface area contributed by atoms with Crippen molar-refractivity contribution in [3.63, 3.8) is 0 Å². The fourth-order valence-corrected chi connectivity index (χ4v) is 4.94. The summed E-state index contributed by atoms with van der Waals surface area (Å²) in [6.07, 6.45) is 0.412. The van der Waals surface area contributed by atoms with E-state index in [4.69, 9.17) is 9.15 Å². The standard InChI is InChI=1S/C26H26N2O4S/c1-6-17-16(5)33-25(23(17)26(30)31-14(2)3)28-24(29)19-13-21(22-12-11-15(4)32-22)27-20-10-8-7-9-18(19)20/h7-14H,6H2,1-5H3,(H,28,29). The van der Waals surface area contributed by atoms with Gasteiger partial charge in [0.05, 0.1) is 22.7 Å². The Morgan fingerprint density at radius 3 is 2.58 bits per heavy atom. The summed E-state index contributed by atoms with van der Waals surface area (Å²) in [5.74, 6) is 0.614. The van der Waals surface area contributed by atoms with E-state index in [9.17, 15) is 9.59 Å². The Morgan fingerprint density at radius 1 is 1.15 bits per heavy atom. The summed E-state index contributed by atoms with van der Waals surface area (Å²) in [6, 6.07) is 12.9. The zero-order valence-electron chi connectivity index (χ0n) is 19.3. The van der Waals surface area contributed by atoms with E-state index in [1.165, 1.54) is 11.3 Å². The number of carbonyl (C=O) groups is 2. The Bertz CT molecular complexity index is 1350. The normalized spacial score (nSPS) is 11.2. The molecule has 6 nitrogen and oxygen atoms in total. The van der Waals surface area contributed by atoms with Gasteiger partial charge in [0.25, 0.3) is 5.91 Å². The molecule has 0 fully saturated rings. The number of nitrogens with zero attached hydrogens (tertiary/aromatic N) is 1. The Morgan fingerprint density at radius 2 is 1.91 bits per heavy atom. The summed E-state index contributed by atoms with van der Waals surface area (Å²) in [7, 11) is 0. The second-order valence-electron chi connectivity index (χ2n) is 8.09. The maximum atomic E-state index is 13.5. The van der Waals surface area contributed by atoms with Crippen LogP contribution >= 0.6 is 11.3 Å². The highest BCUT2D eigenvalue weighted by molar-refractivity contribution is 7.16. The van der Waals surface area contributed by atoms with Gasteiger partial charge in [-0.1, -0.05) is 25.1 Å². The summed E-state index contributed by atoms with van der Waals surface area (Å²) in [4.78, 5) is 32.0. The highest BCUT2D eigenvalue weighted by Crippen LogP contribution is 2.35. The van der Waals surface area contributed by atoms with Crippen LogP contribution in [-0.2, 0) is 11.2 Å². The molecule has 7 heteroatoms. The van der Waals surface area contributed by atoms with Crippen LogP contribution in [0.15, 0.2) is 46.9 Å². The van der Waals surface area contributed by atoms with Crippen LogP contribution in [0.25, 0.3) is 22.4 Å². The second-order valence-corrected chi connectivity index (χ2v) is 9.31. The molecule has 0 spiro atoms. The van der Waals surface area contributed by atoms with Gasteiger partial charge in [0, 0.05) is 10.3 Å². The molecule has 0 radical (unpaired) electrons. The number of pyridine rings is 1. The van der Waals surface area contributed by atoms with Crippen LogP contribution < -0.4 is 5.32 Å². The minimum Gasteiger partial charge on any atom is -0.460 e. The fourth-order valence-electron chi connectivity index (χ4n) is 3.81. The van der Waals surface area contributed by atoms with Crippen molar-refractivity contribution < 1.29 is 18.7 Å². The largest absolute Gasteiger partial charge is 0.460 e. The molecule has 0 aliphatic rings. The number of furan rings is 1. The average molecular weight is 463 g/mol. The Hall–Kier alpha value is -3.45. The molecule has 0 bridgehead atoms. The SMILES string of the molecule is CCc1c(C)sc(NC(=O)c2cc(-c3ccc(C)o3)nc3ccccc23)c1C(=O)OC(C)C. The number of aromatic nitrogens is 1. The van der Waals surface area contributed by atoms with Gasteiger partial charge in [0.1, 0.15) is 16.5 Å². The first kappa shape index (κ1) is 22.7. The quantitative estimate of drug-likeness (QED) is 0.329. The molecule has 0 aliphatic carbocycles. The van der Waals surface area contributed by atoms with Crippen LogP contribution in [0.1, 0.15) is 57.7 Å². The number of hydrogen-bond donors (Lipinski definition) is 1. The van der Waals surface area contributed by atoms with E-state index < -0.39 is 5.97 Å². The summed E-state index contributed by atoms with van der Waals surface area (Å²) in [5.41, 5.74) is 3.04. The van der Waals surface area contributed by atoms with Crippen molar-refractivity contribution >= 4 is 39.1 Å². The first-order chi connectivity index (χ1) is 15.8. The van der Waals surface area contributed by atoms with Gasteiger partial charge >= 0.3 is 5.97 Å². The first-order valence-corrected chi connectivity index (χ1v) is 11.7. The van der Waals surface area contributed by atoms with Gasteiger partial charge in [-0.25, -0.2) is 9.78 Å². The van der Waals surface area contributed by atoms with Crippen LogP contribution in [0.5, 0.6) is 0 Å². The minimum atomic E-state index is -0.423. The Balaban J connectivity index is 1.78. The molecule has 1 amide bonds. The zero-order chi connectivity index (χ0) is 23.7. The summed E-state index contributed by atoms with van der Waals surface area (Å²) in [5, 5.41) is 4.19. The summed E-state index contributed by atoms with van der Waals surface area (Å²) < 4.78 is 11.2. The topological polar surface area (TPSA) is 81.4 Å². The van der Waals surface area contributed by atoms with Gasteiger partial charge in [-0.15, -0.1) is 11.3 Å². The van der Waals surface area contributed by atoms with E-state index in [2.05, 4.69) is 10.3 Å². The number of rotatable bonds is 6. The third-order valence-electron chi connectivity index (χ3n) is 5.29. The Kier molecular flexibility index (Phi) is 6.33. The molecule has 1 aromatic carbocycles. The maximum absolute atomic E-state index is 13.5. The van der Waals surface area contributed by atoms with E-state index in [1.807, 2.05) is 71.0 Å². The number of ether oxygens (including phenoxy) is 1. The van der Waals surface area contributed by atoms with Gasteiger partial charge in [0.15, 0.2) is 5.76 Å². The van der Waals surface area contributed by atoms with Crippen LogP contribution in [0.3, 0.4) is 0 Å². The van der Waals surface area contributed by atoms with Crippen molar-refractivity contribution in [3.05, 3.63) is 69.8 Å². The Labute approximate surface area is 196 Å². The van der Waals surface area contributed by atoms with E-state index in [0.29, 0.717) is 39.5 Å². The predicted octanol–water partition coefficient (Wildman–Crippen LogP) is 6.55. The van der Waals surface area contributed by atoms with Gasteiger partial charge in [-0.3, -0.25) is 4.79 Å². The lowest BCUT2D eigenvalue weighted by atomic mass is 10.1. The molecular formula is C26H26N2O4S. The number of aryl methyl sites for hydroxylation is 2. The van der Waals surface area contributed by atoms with Crippen molar-refractivity contribution in [1.29, 1.82) is 0 Å². The van der Waals surface area contributed by atoms with Crippen LogP contribution in [0.4, 0.5) is 5.00 Å². The van der Waals surface area contributed by atoms with Crippen molar-refractivity contribution in [2.24, 2.45) is 0 Å². The molecule has 3 heterocycles. The number of nitrogens with one attached hydrogen (secondary N) is 1. The smallest absolute Gasteiger partial charge is 0.341 e. The third-order valence-corrected chi connectivity index (χ3v) is 6.35. The molecule has 0 saturated heterocycles. The van der Waals surface area contributed by atoms with Crippen molar-refractivity contribution in [1.82, 2.24) is 4.98 Å². The van der Waals surface area contributed by atoms with E-state index in [-0.39, 0.29) is 12.0 Å². The van der Waals surface area contributed by atoms with Crippen molar-refractivity contribution in [2.45, 2.75) is 47.1 Å². The average Bonchev–Trinajstić information content (AvgIpc) is 3.34. The highest BCUT2D eigenvalue weighted by atomic mass is 32.1. The highest BCUT2D eigenvalue weighted by Gasteiger charge is 2.25. The lowest BCUT2D eigenvalue weighted by Crippen LogP contribution is -2.17. The summed E-state index contributed by atoms with van der Waals surface area (Å²) >= 11 is 1.39. The van der Waals surface area contributed by atoms with E-state index >= 15 is 0 Å². The number of esters is 1. The number of hydrogen-bond acceptors (Lipinski definition) is 6. The van der Waals surface area contributed by atoms with E-state index in [0.717, 1.165) is 21.6 Å². The number of fused-ring (bicyclic) bond motifs is 1. The molecule has 0 aliphatic heterocycles. The third kappa shape index (κ3) is 4.54. The van der Waals surface area contributed by atoms with Gasteiger partial charge < -0.3 is 14.5 Å². The van der Waals surface area contributed by atoms with Crippen LogP contribution in [0, 0.1) is 13.8 Å². The zero-order valence-corrected chi connectivity index (χ0v) is 20.1. The number of amides is 1. The lowest BCUT2D eigenvalue weighted by Gasteiger charge is -2.12. The molecule has 3 aromatic heterocycles. The predicted molar refractivity (Wildman–Crippen MR) is 131 cm³/mol. The number of benzene rings is 1. The van der Waals surface area contributed by atoms with Crippen LogP contribution in [-0.4, -0.2) is 23.0 Å². The molecule has 0 saturated carbocycles. The molecule has 33 heavy (non-hydrogen) atoms. The molecule has 4 rings (SSSR count). The molecule has 0 atom stereocenters. The molecule has 4 aromatic rings. The maximum Gasteiger partial charge on any atom is 0.341 e. The minimum absolute atomic E-state index is 0.255. The van der Waals surface area contributed by atoms with Crippen molar-refractivity contribution in [3.8, 4) is 11.5 Å². The van der Waals surface area contributed by atoms with E-state index in [1.54, 1.807) is 6.07 Å². The number of para-hydroxylation sites is 1. The fraction of sp³-hybridized carbons (Fsp3) is 0.269. The molecular weight excluding hydrogens is 436 g/mol. The number of thiophene rings is 1. The second kappa shape index (κ2) is 9.19. The summed E-state index contributed by atoms with van der Waals surface area (Å²) in [6.45, 7) is 9.41. The first-order valence-electron chi connectivity index (χ1n) is 10.9. The molecule has 0 unspecified atom stereocenters.